The molecule has 0 radical (unpaired) electrons. The lowest BCUT2D eigenvalue weighted by Crippen LogP contribution is -2.28. The van der Waals surface area contributed by atoms with Crippen molar-refractivity contribution >= 4 is 8.32 Å². The van der Waals surface area contributed by atoms with E-state index in [1.54, 1.807) is 7.11 Å². The SMILES string of the molecule is C=C(C)C[Si](C)(C)OC. The predicted molar refractivity (Wildman–Crippen MR) is 44.1 cm³/mol. The topological polar surface area (TPSA) is 9.23 Å². The monoisotopic (exact) mass is 144 g/mol. The van der Waals surface area contributed by atoms with Crippen molar-refractivity contribution in [1.82, 2.24) is 0 Å². The molecule has 0 heterocycles. The smallest absolute Gasteiger partial charge is 0.190 e. The lowest BCUT2D eigenvalue weighted by atomic mass is 10.4. The Hall–Kier alpha value is -0.0831. The van der Waals surface area contributed by atoms with Crippen LogP contribution in [0.25, 0.3) is 0 Å². The molecule has 54 valence electrons. The van der Waals surface area contributed by atoms with Crippen LogP contribution in [0.1, 0.15) is 6.92 Å². The highest BCUT2D eigenvalue weighted by Crippen LogP contribution is 2.14. The van der Waals surface area contributed by atoms with Gasteiger partial charge < -0.3 is 4.43 Å². The zero-order valence-corrected chi connectivity index (χ0v) is 7.82. The first-order chi connectivity index (χ1) is 3.98. The molecule has 0 aromatic carbocycles. The first-order valence-corrected chi connectivity index (χ1v) is 6.29. The maximum absolute atomic E-state index is 5.33. The largest absolute Gasteiger partial charge is 0.420 e. The fourth-order valence-corrected chi connectivity index (χ4v) is 2.40. The molecule has 0 N–H and O–H groups in total. The maximum Gasteiger partial charge on any atom is 0.190 e. The predicted octanol–water partition coefficient (Wildman–Crippen LogP) is 2.41. The van der Waals surface area contributed by atoms with Gasteiger partial charge in [-0.15, -0.1) is 6.58 Å². The van der Waals surface area contributed by atoms with Crippen LogP contribution in [-0.4, -0.2) is 15.4 Å². The standard InChI is InChI=1S/C7H16OSi/c1-7(2)6-9(4,5)8-3/h1,6H2,2-5H3. The van der Waals surface area contributed by atoms with Crippen molar-refractivity contribution in [2.24, 2.45) is 0 Å². The van der Waals surface area contributed by atoms with E-state index in [9.17, 15) is 0 Å². The molecular weight excluding hydrogens is 128 g/mol. The second-order valence-electron chi connectivity index (χ2n) is 3.10. The Morgan fingerprint density at radius 3 is 2.11 bits per heavy atom. The maximum atomic E-state index is 5.33. The quantitative estimate of drug-likeness (QED) is 0.436. The highest BCUT2D eigenvalue weighted by molar-refractivity contribution is 6.71. The van der Waals surface area contributed by atoms with Crippen molar-refractivity contribution in [2.45, 2.75) is 26.1 Å². The Morgan fingerprint density at radius 1 is 1.56 bits per heavy atom. The Balaban J connectivity index is 3.71. The molecule has 0 saturated carbocycles. The van der Waals surface area contributed by atoms with Gasteiger partial charge in [-0.2, -0.15) is 0 Å². The highest BCUT2D eigenvalue weighted by Gasteiger charge is 2.19. The molecule has 0 aliphatic rings. The lowest BCUT2D eigenvalue weighted by Gasteiger charge is -2.19. The van der Waals surface area contributed by atoms with E-state index in [-0.39, 0.29) is 0 Å². The van der Waals surface area contributed by atoms with Crippen molar-refractivity contribution < 1.29 is 4.43 Å². The summed E-state index contributed by atoms with van der Waals surface area (Å²) in [6, 6.07) is 1.07. The van der Waals surface area contributed by atoms with Crippen molar-refractivity contribution in [2.75, 3.05) is 7.11 Å². The molecule has 0 saturated heterocycles. The zero-order valence-electron chi connectivity index (χ0n) is 6.82. The lowest BCUT2D eigenvalue weighted by molar-refractivity contribution is 0.406. The van der Waals surface area contributed by atoms with Crippen LogP contribution in [-0.2, 0) is 4.43 Å². The number of allylic oxidation sites excluding steroid dienone is 1. The highest BCUT2D eigenvalue weighted by atomic mass is 28.4. The molecule has 0 atom stereocenters. The molecule has 0 amide bonds. The van der Waals surface area contributed by atoms with Crippen LogP contribution in [0.4, 0.5) is 0 Å². The van der Waals surface area contributed by atoms with Crippen molar-refractivity contribution in [1.29, 1.82) is 0 Å². The minimum absolute atomic E-state index is 1.07. The molecule has 9 heavy (non-hydrogen) atoms. The second kappa shape index (κ2) is 3.18. The van der Waals surface area contributed by atoms with Gasteiger partial charge in [0.05, 0.1) is 0 Å². The van der Waals surface area contributed by atoms with Gasteiger partial charge in [0.15, 0.2) is 8.32 Å². The van der Waals surface area contributed by atoms with E-state index in [1.165, 1.54) is 5.57 Å². The zero-order chi connectivity index (χ0) is 7.49. The summed E-state index contributed by atoms with van der Waals surface area (Å²) in [5.74, 6) is 0. The molecule has 0 aliphatic carbocycles. The third-order valence-electron chi connectivity index (χ3n) is 1.28. The summed E-state index contributed by atoms with van der Waals surface area (Å²) in [7, 11) is 0.447. The van der Waals surface area contributed by atoms with Gasteiger partial charge >= 0.3 is 0 Å². The van der Waals surface area contributed by atoms with E-state index >= 15 is 0 Å². The van der Waals surface area contributed by atoms with Crippen LogP contribution >= 0.6 is 0 Å². The molecule has 0 spiro atoms. The molecular formula is C7H16OSi. The minimum atomic E-state index is -1.34. The third kappa shape index (κ3) is 4.42. The Bertz CT molecular complexity index is 107. The summed E-state index contributed by atoms with van der Waals surface area (Å²) in [5, 5.41) is 0. The molecule has 0 bridgehead atoms. The average molecular weight is 144 g/mol. The normalized spacial score (nSPS) is 11.6. The summed E-state index contributed by atoms with van der Waals surface area (Å²) in [4.78, 5) is 0. The van der Waals surface area contributed by atoms with Crippen molar-refractivity contribution in [3.05, 3.63) is 12.2 Å². The van der Waals surface area contributed by atoms with Crippen LogP contribution in [0.3, 0.4) is 0 Å². The van der Waals surface area contributed by atoms with Crippen LogP contribution < -0.4 is 0 Å². The van der Waals surface area contributed by atoms with Crippen molar-refractivity contribution in [3.8, 4) is 0 Å². The summed E-state index contributed by atoms with van der Waals surface area (Å²) in [6.45, 7) is 10.3. The van der Waals surface area contributed by atoms with E-state index in [0.717, 1.165) is 6.04 Å². The fourth-order valence-electron chi connectivity index (χ4n) is 0.799. The Labute approximate surface area is 58.9 Å². The van der Waals surface area contributed by atoms with Gasteiger partial charge in [-0.25, -0.2) is 0 Å². The van der Waals surface area contributed by atoms with Crippen LogP contribution in [0, 0.1) is 0 Å². The van der Waals surface area contributed by atoms with Gasteiger partial charge in [0.2, 0.25) is 0 Å². The summed E-state index contributed by atoms with van der Waals surface area (Å²) >= 11 is 0. The molecule has 1 nitrogen and oxygen atoms in total. The minimum Gasteiger partial charge on any atom is -0.420 e. The molecule has 0 fully saturated rings. The van der Waals surface area contributed by atoms with Gasteiger partial charge in [-0.3, -0.25) is 0 Å². The molecule has 0 unspecified atom stereocenters. The average Bonchev–Trinajstić information content (AvgIpc) is 1.63. The second-order valence-corrected chi connectivity index (χ2v) is 7.38. The molecule has 0 aromatic rings. The Kier molecular flexibility index (Phi) is 3.15. The van der Waals surface area contributed by atoms with E-state index in [4.69, 9.17) is 4.43 Å². The van der Waals surface area contributed by atoms with E-state index in [2.05, 4.69) is 19.7 Å². The fraction of sp³-hybridized carbons (Fsp3) is 0.714. The first kappa shape index (κ1) is 8.92. The summed E-state index contributed by atoms with van der Waals surface area (Å²) in [5.41, 5.74) is 1.23. The van der Waals surface area contributed by atoms with Crippen molar-refractivity contribution in [3.63, 3.8) is 0 Å². The number of hydrogen-bond donors (Lipinski definition) is 0. The van der Waals surface area contributed by atoms with Gasteiger partial charge in [-0.1, -0.05) is 5.57 Å². The first-order valence-electron chi connectivity index (χ1n) is 3.17. The number of rotatable bonds is 3. The van der Waals surface area contributed by atoms with Crippen LogP contribution in [0.5, 0.6) is 0 Å². The van der Waals surface area contributed by atoms with Crippen LogP contribution in [0.2, 0.25) is 19.1 Å². The molecule has 0 rings (SSSR count). The van der Waals surface area contributed by atoms with Gasteiger partial charge in [0.25, 0.3) is 0 Å². The van der Waals surface area contributed by atoms with E-state index in [0.29, 0.717) is 0 Å². The van der Waals surface area contributed by atoms with Gasteiger partial charge in [0, 0.05) is 7.11 Å². The summed E-state index contributed by atoms with van der Waals surface area (Å²) < 4.78 is 5.33. The summed E-state index contributed by atoms with van der Waals surface area (Å²) in [6.07, 6.45) is 0. The number of hydrogen-bond acceptors (Lipinski definition) is 1. The van der Waals surface area contributed by atoms with Gasteiger partial charge in [-0.05, 0) is 26.1 Å². The molecule has 2 heteroatoms. The van der Waals surface area contributed by atoms with Gasteiger partial charge in [0.1, 0.15) is 0 Å². The molecule has 0 aliphatic heterocycles. The van der Waals surface area contributed by atoms with E-state index in [1.807, 2.05) is 6.92 Å². The Morgan fingerprint density at radius 2 is 2.00 bits per heavy atom. The molecule has 0 aromatic heterocycles. The van der Waals surface area contributed by atoms with Crippen LogP contribution in [0.15, 0.2) is 12.2 Å². The van der Waals surface area contributed by atoms with E-state index < -0.39 is 8.32 Å². The third-order valence-corrected chi connectivity index (χ3v) is 3.84.